The van der Waals surface area contributed by atoms with E-state index in [9.17, 15) is 9.90 Å². The van der Waals surface area contributed by atoms with Gasteiger partial charge >= 0.3 is 6.03 Å². The molecule has 0 aromatic heterocycles. The predicted octanol–water partition coefficient (Wildman–Crippen LogP) is 3.21. The fraction of sp³-hybridized carbons (Fsp3) is 0.350. The number of hydrogen-bond donors (Lipinski definition) is 3. The van der Waals surface area contributed by atoms with E-state index in [2.05, 4.69) is 10.6 Å². The van der Waals surface area contributed by atoms with Gasteiger partial charge in [0.2, 0.25) is 0 Å². The maximum absolute atomic E-state index is 12.1. The Labute approximate surface area is 154 Å². The maximum atomic E-state index is 12.1. The van der Waals surface area contributed by atoms with E-state index in [1.54, 1.807) is 26.2 Å². The summed E-state index contributed by atoms with van der Waals surface area (Å²) in [4.78, 5) is 12.1. The molecule has 0 fully saturated rings. The largest absolute Gasteiger partial charge is 0.497 e. The van der Waals surface area contributed by atoms with Crippen LogP contribution in [0.3, 0.4) is 0 Å². The lowest BCUT2D eigenvalue weighted by Gasteiger charge is -2.24. The van der Waals surface area contributed by atoms with Crippen molar-refractivity contribution in [3.05, 3.63) is 54.1 Å². The number of ether oxygens (including phenoxy) is 2. The monoisotopic (exact) mass is 358 g/mol. The van der Waals surface area contributed by atoms with Gasteiger partial charge in [-0.1, -0.05) is 24.3 Å². The minimum Gasteiger partial charge on any atom is -0.497 e. The van der Waals surface area contributed by atoms with Crippen LogP contribution in [0, 0.1) is 0 Å². The van der Waals surface area contributed by atoms with Gasteiger partial charge in [-0.2, -0.15) is 0 Å². The van der Waals surface area contributed by atoms with Gasteiger partial charge in [-0.15, -0.1) is 0 Å². The van der Waals surface area contributed by atoms with Crippen LogP contribution in [0.2, 0.25) is 0 Å². The molecule has 0 aliphatic carbocycles. The van der Waals surface area contributed by atoms with Crippen LogP contribution in [-0.4, -0.2) is 37.0 Å². The molecule has 1 atom stereocenters. The Bertz CT molecular complexity index is 714. The molecule has 1 unspecified atom stereocenters. The summed E-state index contributed by atoms with van der Waals surface area (Å²) in [6.07, 6.45) is 0.410. The minimum atomic E-state index is -1.08. The molecule has 0 bridgehead atoms. The summed E-state index contributed by atoms with van der Waals surface area (Å²) < 4.78 is 10.6. The first-order chi connectivity index (χ1) is 12.4. The van der Waals surface area contributed by atoms with E-state index in [1.807, 2.05) is 43.3 Å². The summed E-state index contributed by atoms with van der Waals surface area (Å²) in [6, 6.07) is 14.3. The number of nitrogens with one attached hydrogen (secondary N) is 2. The van der Waals surface area contributed by atoms with E-state index < -0.39 is 11.6 Å². The highest BCUT2D eigenvalue weighted by atomic mass is 16.5. The van der Waals surface area contributed by atoms with Crippen LogP contribution in [-0.2, 0) is 6.42 Å². The number of methoxy groups -OCH3 is 1. The predicted molar refractivity (Wildman–Crippen MR) is 102 cm³/mol. The van der Waals surface area contributed by atoms with Crippen molar-refractivity contribution in [3.8, 4) is 11.5 Å². The SMILES string of the molecule is CCOc1ccccc1NC(=O)NCC(C)(O)Cc1ccc(OC)cc1. The Balaban J connectivity index is 1.88. The summed E-state index contributed by atoms with van der Waals surface area (Å²) in [6.45, 7) is 4.19. The van der Waals surface area contributed by atoms with Crippen LogP contribution in [0.5, 0.6) is 11.5 Å². The second-order valence-electron chi connectivity index (χ2n) is 6.26. The van der Waals surface area contributed by atoms with Crippen molar-refractivity contribution in [1.82, 2.24) is 5.32 Å². The molecule has 0 radical (unpaired) electrons. The van der Waals surface area contributed by atoms with Crippen LogP contribution in [0.15, 0.2) is 48.5 Å². The van der Waals surface area contributed by atoms with E-state index in [0.29, 0.717) is 24.5 Å². The number of aliphatic hydroxyl groups is 1. The van der Waals surface area contributed by atoms with E-state index in [1.165, 1.54) is 0 Å². The first-order valence-corrected chi connectivity index (χ1v) is 8.55. The van der Waals surface area contributed by atoms with Crippen molar-refractivity contribution in [1.29, 1.82) is 0 Å². The molecule has 2 rings (SSSR count). The van der Waals surface area contributed by atoms with Gasteiger partial charge < -0.3 is 25.2 Å². The zero-order chi connectivity index (χ0) is 19.0. The van der Waals surface area contributed by atoms with Crippen molar-refractivity contribution >= 4 is 11.7 Å². The van der Waals surface area contributed by atoms with E-state index in [0.717, 1.165) is 11.3 Å². The summed E-state index contributed by atoms with van der Waals surface area (Å²) in [5, 5.41) is 16.0. The van der Waals surface area contributed by atoms with Crippen molar-refractivity contribution in [2.24, 2.45) is 0 Å². The molecule has 26 heavy (non-hydrogen) atoms. The highest BCUT2D eigenvalue weighted by molar-refractivity contribution is 5.90. The highest BCUT2D eigenvalue weighted by Gasteiger charge is 2.22. The lowest BCUT2D eigenvalue weighted by molar-refractivity contribution is 0.0629. The number of carbonyl (C=O) groups excluding carboxylic acids is 1. The molecule has 6 nitrogen and oxygen atoms in total. The third-order valence-electron chi connectivity index (χ3n) is 3.81. The third-order valence-corrected chi connectivity index (χ3v) is 3.81. The zero-order valence-electron chi connectivity index (χ0n) is 15.4. The average Bonchev–Trinajstić information content (AvgIpc) is 2.62. The summed E-state index contributed by atoms with van der Waals surface area (Å²) >= 11 is 0. The van der Waals surface area contributed by atoms with Crippen LogP contribution < -0.4 is 20.1 Å². The molecule has 0 heterocycles. The van der Waals surface area contributed by atoms with Crippen molar-refractivity contribution in [2.75, 3.05) is 25.6 Å². The summed E-state index contributed by atoms with van der Waals surface area (Å²) in [5.74, 6) is 1.37. The lowest BCUT2D eigenvalue weighted by atomic mass is 9.96. The molecule has 0 saturated carbocycles. The normalized spacial score (nSPS) is 12.8. The summed E-state index contributed by atoms with van der Waals surface area (Å²) in [5.41, 5.74) is 0.465. The lowest BCUT2D eigenvalue weighted by Crippen LogP contribution is -2.43. The number of benzene rings is 2. The fourth-order valence-electron chi connectivity index (χ4n) is 2.53. The first kappa shape index (κ1) is 19.6. The smallest absolute Gasteiger partial charge is 0.319 e. The Morgan fingerprint density at radius 1 is 1.15 bits per heavy atom. The molecule has 3 N–H and O–H groups in total. The quantitative estimate of drug-likeness (QED) is 0.677. The first-order valence-electron chi connectivity index (χ1n) is 8.55. The zero-order valence-corrected chi connectivity index (χ0v) is 15.4. The topological polar surface area (TPSA) is 79.8 Å². The molecule has 0 spiro atoms. The van der Waals surface area contributed by atoms with E-state index >= 15 is 0 Å². The van der Waals surface area contributed by atoms with Crippen LogP contribution >= 0.6 is 0 Å². The third kappa shape index (κ3) is 5.97. The van der Waals surface area contributed by atoms with Crippen molar-refractivity contribution in [2.45, 2.75) is 25.9 Å². The molecule has 0 aliphatic rings. The maximum Gasteiger partial charge on any atom is 0.319 e. The molecule has 2 aromatic carbocycles. The molecule has 2 amide bonds. The number of carbonyl (C=O) groups is 1. The second-order valence-corrected chi connectivity index (χ2v) is 6.26. The van der Waals surface area contributed by atoms with Gasteiger partial charge in [0.25, 0.3) is 0 Å². The number of hydrogen-bond acceptors (Lipinski definition) is 4. The van der Waals surface area contributed by atoms with Gasteiger partial charge in [0.1, 0.15) is 11.5 Å². The average molecular weight is 358 g/mol. The Kier molecular flexibility index (Phi) is 6.86. The van der Waals surface area contributed by atoms with Gasteiger partial charge in [0, 0.05) is 13.0 Å². The van der Waals surface area contributed by atoms with Gasteiger partial charge in [0.15, 0.2) is 0 Å². The Morgan fingerprint density at radius 2 is 1.85 bits per heavy atom. The summed E-state index contributed by atoms with van der Waals surface area (Å²) in [7, 11) is 1.61. The Hall–Kier alpha value is -2.73. The molecule has 140 valence electrons. The van der Waals surface area contributed by atoms with Gasteiger partial charge in [-0.3, -0.25) is 0 Å². The molecular weight excluding hydrogens is 332 g/mol. The van der Waals surface area contributed by atoms with Crippen LogP contribution in [0.4, 0.5) is 10.5 Å². The van der Waals surface area contributed by atoms with Crippen LogP contribution in [0.25, 0.3) is 0 Å². The second kappa shape index (κ2) is 9.10. The number of rotatable bonds is 8. The minimum absolute atomic E-state index is 0.113. The van der Waals surface area contributed by atoms with Crippen molar-refractivity contribution < 1.29 is 19.4 Å². The number of amides is 2. The van der Waals surface area contributed by atoms with Crippen molar-refractivity contribution in [3.63, 3.8) is 0 Å². The standard InChI is InChI=1S/C20H26N2O4/c1-4-26-18-8-6-5-7-17(18)22-19(23)21-14-20(2,24)13-15-9-11-16(25-3)12-10-15/h5-12,24H,4,13-14H2,1-3H3,(H2,21,22,23). The van der Waals surface area contributed by atoms with Gasteiger partial charge in [-0.05, 0) is 43.7 Å². The molecule has 0 saturated heterocycles. The molecule has 6 heteroatoms. The number of para-hydroxylation sites is 2. The van der Waals surface area contributed by atoms with Gasteiger partial charge in [0.05, 0.1) is 25.0 Å². The van der Waals surface area contributed by atoms with E-state index in [-0.39, 0.29) is 6.54 Å². The Morgan fingerprint density at radius 3 is 2.50 bits per heavy atom. The van der Waals surface area contributed by atoms with Gasteiger partial charge in [-0.25, -0.2) is 4.79 Å². The highest BCUT2D eigenvalue weighted by Crippen LogP contribution is 2.23. The van der Waals surface area contributed by atoms with E-state index in [4.69, 9.17) is 9.47 Å². The number of anilines is 1. The molecule has 0 aliphatic heterocycles. The fourth-order valence-corrected chi connectivity index (χ4v) is 2.53. The molecular formula is C20H26N2O4. The van der Waals surface area contributed by atoms with Crippen LogP contribution in [0.1, 0.15) is 19.4 Å². The molecule has 2 aromatic rings. The number of urea groups is 1.